The molecule has 2 aromatic carbocycles. The van der Waals surface area contributed by atoms with Gasteiger partial charge in [0.2, 0.25) is 40.7 Å². The zero-order chi connectivity index (χ0) is 23.7. The summed E-state index contributed by atoms with van der Waals surface area (Å²) in [4.78, 5) is 12.6. The molecule has 1 saturated heterocycles. The zero-order valence-corrected chi connectivity index (χ0v) is 18.0. The van der Waals surface area contributed by atoms with E-state index < -0.39 is 34.8 Å². The van der Waals surface area contributed by atoms with Crippen LogP contribution in [0.25, 0.3) is 10.9 Å². The molecule has 1 aliphatic rings. The topological polar surface area (TPSA) is 50.7 Å². The fourth-order valence-electron chi connectivity index (χ4n) is 3.69. The number of benzene rings is 2. The largest absolute Gasteiger partial charge is 0.496 e. The summed E-state index contributed by atoms with van der Waals surface area (Å²) in [5.74, 6) is -12.0. The van der Waals surface area contributed by atoms with Crippen LogP contribution in [-0.4, -0.2) is 66.6 Å². The van der Waals surface area contributed by atoms with E-state index in [1.54, 1.807) is 6.07 Å². The second-order valence-electron chi connectivity index (χ2n) is 7.76. The first-order valence-electron chi connectivity index (χ1n) is 10.2. The number of aromatic nitrogens is 2. The highest BCUT2D eigenvalue weighted by Crippen LogP contribution is 2.36. The van der Waals surface area contributed by atoms with Crippen LogP contribution in [0.3, 0.4) is 0 Å². The quantitative estimate of drug-likeness (QED) is 0.311. The molecule has 0 unspecified atom stereocenters. The minimum Gasteiger partial charge on any atom is -0.496 e. The third-order valence-electron chi connectivity index (χ3n) is 5.66. The number of rotatable bonds is 6. The number of hydrogen-bond acceptors (Lipinski definition) is 6. The highest BCUT2D eigenvalue weighted by molar-refractivity contribution is 5.86. The van der Waals surface area contributed by atoms with E-state index in [1.807, 2.05) is 0 Å². The molecule has 0 spiro atoms. The minimum atomic E-state index is -2.27. The monoisotopic (exact) mass is 468 g/mol. The van der Waals surface area contributed by atoms with Crippen molar-refractivity contribution < 1.29 is 31.4 Å². The highest BCUT2D eigenvalue weighted by atomic mass is 19.2. The lowest BCUT2D eigenvalue weighted by Gasteiger charge is -2.32. The van der Waals surface area contributed by atoms with Crippen molar-refractivity contribution in [3.63, 3.8) is 0 Å². The second-order valence-corrected chi connectivity index (χ2v) is 7.76. The van der Waals surface area contributed by atoms with Gasteiger partial charge < -0.3 is 19.3 Å². The molecule has 0 bridgehead atoms. The van der Waals surface area contributed by atoms with E-state index in [9.17, 15) is 22.0 Å². The first-order chi connectivity index (χ1) is 15.8. The number of ether oxygens (including phenoxy) is 2. The fraction of sp³-hybridized carbons (Fsp3) is 0.364. The molecule has 0 amide bonds. The maximum atomic E-state index is 14.1. The minimum absolute atomic E-state index is 0.196. The van der Waals surface area contributed by atoms with E-state index in [1.165, 1.54) is 13.2 Å². The Morgan fingerprint density at radius 3 is 2.15 bits per heavy atom. The van der Waals surface area contributed by atoms with Crippen LogP contribution in [-0.2, 0) is 6.42 Å². The molecule has 1 aromatic heterocycles. The van der Waals surface area contributed by atoms with Crippen LogP contribution in [0, 0.1) is 29.1 Å². The molecule has 11 heteroatoms. The van der Waals surface area contributed by atoms with Crippen LogP contribution in [0.15, 0.2) is 18.5 Å². The lowest BCUT2D eigenvalue weighted by Crippen LogP contribution is -2.45. The molecule has 2 heterocycles. The van der Waals surface area contributed by atoms with Crippen LogP contribution >= 0.6 is 0 Å². The SMILES string of the molecule is COc1cc2c(Oc3c(F)c(F)c(F)c(F)c3F)ncnc2cc1CCN1CCN(C)CC1. The maximum absolute atomic E-state index is 14.1. The molecule has 0 aliphatic carbocycles. The molecular weight excluding hydrogens is 447 g/mol. The van der Waals surface area contributed by atoms with Gasteiger partial charge in [0.1, 0.15) is 12.1 Å². The van der Waals surface area contributed by atoms with E-state index >= 15 is 0 Å². The van der Waals surface area contributed by atoms with Gasteiger partial charge in [0.15, 0.2) is 0 Å². The molecule has 0 N–H and O–H groups in total. The van der Waals surface area contributed by atoms with Gasteiger partial charge in [-0.3, -0.25) is 0 Å². The summed E-state index contributed by atoms with van der Waals surface area (Å²) in [5, 5.41) is 0.196. The van der Waals surface area contributed by atoms with Crippen LogP contribution < -0.4 is 9.47 Å². The zero-order valence-electron chi connectivity index (χ0n) is 18.0. The number of nitrogens with zero attached hydrogens (tertiary/aromatic N) is 4. The second kappa shape index (κ2) is 9.44. The predicted octanol–water partition coefficient (Wildman–Crippen LogP) is 3.92. The average molecular weight is 468 g/mol. The number of hydrogen-bond donors (Lipinski definition) is 0. The van der Waals surface area contributed by atoms with Gasteiger partial charge in [-0.2, -0.15) is 8.78 Å². The van der Waals surface area contributed by atoms with Crippen molar-refractivity contribution in [3.8, 4) is 17.4 Å². The summed E-state index contributed by atoms with van der Waals surface area (Å²) in [6.45, 7) is 4.68. The molecule has 176 valence electrons. The standard InChI is InChI=1S/C22H21F5N4O2/c1-30-5-7-31(8-6-30)4-3-12-9-14-13(10-15(12)32-2)22(29-11-28-14)33-21-19(26)17(24)16(23)18(25)20(21)27/h9-11H,3-8H2,1-2H3. The Morgan fingerprint density at radius 2 is 1.52 bits per heavy atom. The molecular formula is C22H21F5N4O2. The van der Waals surface area contributed by atoms with Crippen molar-refractivity contribution in [2.45, 2.75) is 6.42 Å². The first kappa shape index (κ1) is 23.1. The third-order valence-corrected chi connectivity index (χ3v) is 5.66. The van der Waals surface area contributed by atoms with Gasteiger partial charge in [-0.1, -0.05) is 0 Å². The normalized spacial score (nSPS) is 15.2. The van der Waals surface area contributed by atoms with Crippen LogP contribution in [0.4, 0.5) is 22.0 Å². The number of halogens is 5. The number of likely N-dealkylation sites (N-methyl/N-ethyl adjacent to an activating group) is 1. The Bertz CT molecular complexity index is 1160. The molecule has 0 atom stereocenters. The van der Waals surface area contributed by atoms with Crippen LogP contribution in [0.2, 0.25) is 0 Å². The van der Waals surface area contributed by atoms with E-state index in [2.05, 4.69) is 26.8 Å². The number of piperazine rings is 1. The summed E-state index contributed by atoms with van der Waals surface area (Å²) in [5.41, 5.74) is 1.22. The molecule has 33 heavy (non-hydrogen) atoms. The molecule has 3 aromatic rings. The third kappa shape index (κ3) is 4.55. The van der Waals surface area contributed by atoms with Gasteiger partial charge >= 0.3 is 0 Å². The van der Waals surface area contributed by atoms with Gasteiger partial charge in [0.05, 0.1) is 18.0 Å². The van der Waals surface area contributed by atoms with E-state index in [4.69, 9.17) is 9.47 Å². The van der Waals surface area contributed by atoms with Gasteiger partial charge in [0.25, 0.3) is 0 Å². The smallest absolute Gasteiger partial charge is 0.230 e. The Morgan fingerprint density at radius 1 is 0.879 bits per heavy atom. The Labute approximate surface area is 186 Å². The molecule has 1 aliphatic heterocycles. The fourth-order valence-corrected chi connectivity index (χ4v) is 3.69. The van der Waals surface area contributed by atoms with E-state index in [0.717, 1.165) is 44.6 Å². The Kier molecular flexibility index (Phi) is 6.61. The molecule has 6 nitrogen and oxygen atoms in total. The highest BCUT2D eigenvalue weighted by Gasteiger charge is 2.28. The van der Waals surface area contributed by atoms with Crippen molar-refractivity contribution in [1.82, 2.24) is 19.8 Å². The summed E-state index contributed by atoms with van der Waals surface area (Å²) in [7, 11) is 3.55. The molecule has 4 rings (SSSR count). The molecule has 1 fully saturated rings. The van der Waals surface area contributed by atoms with Crippen molar-refractivity contribution in [1.29, 1.82) is 0 Å². The summed E-state index contributed by atoms with van der Waals surface area (Å²) in [6.07, 6.45) is 1.75. The van der Waals surface area contributed by atoms with E-state index in [0.29, 0.717) is 17.7 Å². The van der Waals surface area contributed by atoms with Crippen molar-refractivity contribution >= 4 is 10.9 Å². The van der Waals surface area contributed by atoms with Crippen molar-refractivity contribution in [3.05, 3.63) is 53.1 Å². The Hall–Kier alpha value is -3.05. The van der Waals surface area contributed by atoms with Crippen LogP contribution in [0.5, 0.6) is 17.4 Å². The number of methoxy groups -OCH3 is 1. The summed E-state index contributed by atoms with van der Waals surface area (Å²) >= 11 is 0. The first-order valence-corrected chi connectivity index (χ1v) is 10.2. The van der Waals surface area contributed by atoms with Crippen molar-refractivity contribution in [2.75, 3.05) is 46.9 Å². The van der Waals surface area contributed by atoms with E-state index in [-0.39, 0.29) is 11.3 Å². The lowest BCUT2D eigenvalue weighted by molar-refractivity contribution is 0.155. The van der Waals surface area contributed by atoms with Gasteiger partial charge in [0, 0.05) is 32.7 Å². The average Bonchev–Trinajstić information content (AvgIpc) is 2.83. The maximum Gasteiger partial charge on any atom is 0.230 e. The molecule has 0 saturated carbocycles. The van der Waals surface area contributed by atoms with Crippen LogP contribution in [0.1, 0.15) is 5.56 Å². The summed E-state index contributed by atoms with van der Waals surface area (Å²) in [6, 6.07) is 3.26. The van der Waals surface area contributed by atoms with Gasteiger partial charge in [-0.15, -0.1) is 0 Å². The number of fused-ring (bicyclic) bond motifs is 1. The molecule has 0 radical (unpaired) electrons. The predicted molar refractivity (Wildman–Crippen MR) is 110 cm³/mol. The Balaban J connectivity index is 1.65. The van der Waals surface area contributed by atoms with Gasteiger partial charge in [-0.25, -0.2) is 23.1 Å². The summed E-state index contributed by atoms with van der Waals surface area (Å²) < 4.78 is 79.1. The van der Waals surface area contributed by atoms with Gasteiger partial charge in [-0.05, 0) is 31.2 Å². The van der Waals surface area contributed by atoms with Crippen molar-refractivity contribution in [2.24, 2.45) is 0 Å². The lowest BCUT2D eigenvalue weighted by atomic mass is 10.1.